The Morgan fingerprint density at radius 1 is 1.52 bits per heavy atom. The highest BCUT2D eigenvalue weighted by Crippen LogP contribution is 2.22. The summed E-state index contributed by atoms with van der Waals surface area (Å²) in [4.78, 5) is 25.3. The molecule has 0 bridgehead atoms. The van der Waals surface area contributed by atoms with Gasteiger partial charge in [-0.25, -0.2) is 0 Å². The summed E-state index contributed by atoms with van der Waals surface area (Å²) in [6.07, 6.45) is -0.265. The van der Waals surface area contributed by atoms with E-state index < -0.39 is 0 Å². The highest BCUT2D eigenvalue weighted by Gasteiger charge is 2.28. The molecule has 1 heterocycles. The molecule has 0 radical (unpaired) electrons. The summed E-state index contributed by atoms with van der Waals surface area (Å²) in [5.74, 6) is -0.674. The fourth-order valence-corrected chi connectivity index (χ4v) is 2.64. The SMILES string of the molecule is COC(=O)CC1CN(C(=O)c2cc(I)ccc2O)CCO1. The minimum atomic E-state index is -0.375. The van der Waals surface area contributed by atoms with Crippen molar-refractivity contribution in [2.45, 2.75) is 12.5 Å². The van der Waals surface area contributed by atoms with Gasteiger partial charge in [0.15, 0.2) is 0 Å². The van der Waals surface area contributed by atoms with Crippen molar-refractivity contribution in [3.63, 3.8) is 0 Å². The van der Waals surface area contributed by atoms with E-state index in [0.717, 1.165) is 3.57 Å². The van der Waals surface area contributed by atoms with E-state index in [9.17, 15) is 14.7 Å². The van der Waals surface area contributed by atoms with Crippen LogP contribution in [0.25, 0.3) is 0 Å². The summed E-state index contributed by atoms with van der Waals surface area (Å²) in [5.41, 5.74) is 0.264. The number of carbonyl (C=O) groups excluding carboxylic acids is 2. The van der Waals surface area contributed by atoms with E-state index in [1.165, 1.54) is 13.2 Å². The van der Waals surface area contributed by atoms with E-state index >= 15 is 0 Å². The van der Waals surface area contributed by atoms with Crippen molar-refractivity contribution in [2.24, 2.45) is 0 Å². The molecule has 1 unspecified atom stereocenters. The third-order valence-corrected chi connectivity index (χ3v) is 3.91. The molecule has 1 aromatic rings. The highest BCUT2D eigenvalue weighted by atomic mass is 127. The van der Waals surface area contributed by atoms with Crippen LogP contribution < -0.4 is 0 Å². The number of methoxy groups -OCH3 is 1. The van der Waals surface area contributed by atoms with Crippen molar-refractivity contribution in [1.82, 2.24) is 4.90 Å². The quantitative estimate of drug-likeness (QED) is 0.608. The molecule has 1 amide bonds. The summed E-state index contributed by atoms with van der Waals surface area (Å²) < 4.78 is 10.9. The monoisotopic (exact) mass is 405 g/mol. The lowest BCUT2D eigenvalue weighted by Gasteiger charge is -2.32. The zero-order valence-electron chi connectivity index (χ0n) is 11.5. The first-order chi connectivity index (χ1) is 10.0. The Balaban J connectivity index is 2.08. The van der Waals surface area contributed by atoms with Crippen molar-refractivity contribution in [2.75, 3.05) is 26.8 Å². The van der Waals surface area contributed by atoms with Crippen LogP contribution in [0.5, 0.6) is 5.75 Å². The maximum Gasteiger partial charge on any atom is 0.308 e. The van der Waals surface area contributed by atoms with Crippen LogP contribution in [0.4, 0.5) is 0 Å². The Bertz CT molecular complexity index is 548. The molecule has 1 saturated heterocycles. The van der Waals surface area contributed by atoms with Crippen molar-refractivity contribution >= 4 is 34.5 Å². The molecule has 7 heteroatoms. The molecule has 1 N–H and O–H groups in total. The molecular weight excluding hydrogens is 389 g/mol. The number of halogens is 1. The Morgan fingerprint density at radius 3 is 3.00 bits per heavy atom. The lowest BCUT2D eigenvalue weighted by molar-refractivity contribution is -0.145. The number of esters is 1. The van der Waals surface area contributed by atoms with E-state index in [2.05, 4.69) is 27.3 Å². The van der Waals surface area contributed by atoms with E-state index in [-0.39, 0.29) is 35.7 Å². The van der Waals surface area contributed by atoms with Gasteiger partial charge in [-0.3, -0.25) is 9.59 Å². The van der Waals surface area contributed by atoms with E-state index in [1.54, 1.807) is 17.0 Å². The Labute approximate surface area is 136 Å². The normalized spacial score (nSPS) is 18.4. The minimum absolute atomic E-state index is 0.0450. The third kappa shape index (κ3) is 4.07. The number of amides is 1. The lowest BCUT2D eigenvalue weighted by Crippen LogP contribution is -2.46. The molecule has 0 aliphatic carbocycles. The average molecular weight is 405 g/mol. The van der Waals surface area contributed by atoms with Gasteiger partial charge in [-0.15, -0.1) is 0 Å². The number of hydrogen-bond donors (Lipinski definition) is 1. The number of morpholine rings is 1. The summed E-state index contributed by atoms with van der Waals surface area (Å²) in [5, 5.41) is 9.83. The zero-order valence-corrected chi connectivity index (χ0v) is 13.7. The van der Waals surface area contributed by atoms with E-state index in [0.29, 0.717) is 19.7 Å². The van der Waals surface area contributed by atoms with Crippen molar-refractivity contribution in [3.05, 3.63) is 27.3 Å². The molecule has 6 nitrogen and oxygen atoms in total. The van der Waals surface area contributed by atoms with Crippen LogP contribution in [0.3, 0.4) is 0 Å². The number of rotatable bonds is 3. The zero-order chi connectivity index (χ0) is 15.4. The second-order valence-electron chi connectivity index (χ2n) is 4.69. The fourth-order valence-electron chi connectivity index (χ4n) is 2.15. The van der Waals surface area contributed by atoms with Crippen LogP contribution in [0.2, 0.25) is 0 Å². The number of phenols is 1. The molecule has 0 spiro atoms. The van der Waals surface area contributed by atoms with Crippen molar-refractivity contribution in [1.29, 1.82) is 0 Å². The Morgan fingerprint density at radius 2 is 2.29 bits per heavy atom. The number of hydrogen-bond acceptors (Lipinski definition) is 5. The van der Waals surface area contributed by atoms with Gasteiger partial charge in [0.25, 0.3) is 5.91 Å². The summed E-state index contributed by atoms with van der Waals surface area (Å²) in [6, 6.07) is 4.87. The first-order valence-electron chi connectivity index (χ1n) is 6.47. The lowest BCUT2D eigenvalue weighted by atomic mass is 10.1. The maximum absolute atomic E-state index is 12.5. The van der Waals surface area contributed by atoms with Gasteiger partial charge in [-0.2, -0.15) is 0 Å². The maximum atomic E-state index is 12.5. The molecule has 1 aliphatic rings. The predicted octanol–water partition coefficient (Wildman–Crippen LogP) is 1.40. The van der Waals surface area contributed by atoms with Gasteiger partial charge in [-0.05, 0) is 40.8 Å². The Kier molecular flexibility index (Phi) is 5.40. The number of benzene rings is 1. The summed E-state index contributed by atoms with van der Waals surface area (Å²) in [6.45, 7) is 1.10. The number of phenolic OH excluding ortho intramolecular Hbond substituents is 1. The molecule has 0 saturated carbocycles. The van der Waals surface area contributed by atoms with Crippen LogP contribution in [0.15, 0.2) is 18.2 Å². The van der Waals surface area contributed by atoms with Gasteiger partial charge >= 0.3 is 5.97 Å². The van der Waals surface area contributed by atoms with Crippen molar-refractivity contribution in [3.8, 4) is 5.75 Å². The molecule has 2 rings (SSSR count). The first-order valence-corrected chi connectivity index (χ1v) is 7.55. The minimum Gasteiger partial charge on any atom is -0.507 e. The predicted molar refractivity (Wildman–Crippen MR) is 83.1 cm³/mol. The van der Waals surface area contributed by atoms with Crippen LogP contribution in [0.1, 0.15) is 16.8 Å². The van der Waals surface area contributed by atoms with Gasteiger partial charge in [0.1, 0.15) is 5.75 Å². The second-order valence-corrected chi connectivity index (χ2v) is 5.93. The highest BCUT2D eigenvalue weighted by molar-refractivity contribution is 14.1. The molecule has 1 aromatic carbocycles. The average Bonchev–Trinajstić information content (AvgIpc) is 2.49. The number of nitrogens with zero attached hydrogens (tertiary/aromatic N) is 1. The Hall–Kier alpha value is -1.35. The van der Waals surface area contributed by atoms with Gasteiger partial charge in [0.05, 0.1) is 31.8 Å². The third-order valence-electron chi connectivity index (χ3n) is 3.24. The van der Waals surface area contributed by atoms with E-state index in [1.807, 2.05) is 0 Å². The van der Waals surface area contributed by atoms with Crippen LogP contribution >= 0.6 is 22.6 Å². The van der Waals surface area contributed by atoms with Gasteiger partial charge in [0.2, 0.25) is 0 Å². The number of carbonyl (C=O) groups is 2. The van der Waals surface area contributed by atoms with Gasteiger partial charge < -0.3 is 19.5 Å². The van der Waals surface area contributed by atoms with Crippen LogP contribution in [-0.4, -0.2) is 54.8 Å². The first kappa shape index (κ1) is 16.0. The van der Waals surface area contributed by atoms with Crippen LogP contribution in [0, 0.1) is 3.57 Å². The topological polar surface area (TPSA) is 76.1 Å². The smallest absolute Gasteiger partial charge is 0.308 e. The largest absolute Gasteiger partial charge is 0.507 e. The number of ether oxygens (including phenoxy) is 2. The second kappa shape index (κ2) is 7.08. The van der Waals surface area contributed by atoms with E-state index in [4.69, 9.17) is 4.74 Å². The molecular formula is C14H16INO5. The van der Waals surface area contributed by atoms with Crippen LogP contribution in [-0.2, 0) is 14.3 Å². The molecule has 1 fully saturated rings. The summed E-state index contributed by atoms with van der Waals surface area (Å²) in [7, 11) is 1.32. The molecule has 1 atom stereocenters. The van der Waals surface area contributed by atoms with Gasteiger partial charge in [0, 0.05) is 16.7 Å². The molecule has 0 aromatic heterocycles. The standard InChI is InChI=1S/C14H16INO5/c1-20-13(18)7-10-8-16(4-5-21-10)14(19)11-6-9(15)2-3-12(11)17/h2-3,6,10,17H,4-5,7-8H2,1H3. The van der Waals surface area contributed by atoms with Crippen molar-refractivity contribution < 1.29 is 24.2 Å². The summed E-state index contributed by atoms with van der Waals surface area (Å²) >= 11 is 2.08. The molecule has 114 valence electrons. The molecule has 21 heavy (non-hydrogen) atoms. The number of aromatic hydroxyl groups is 1. The molecule has 1 aliphatic heterocycles. The fraction of sp³-hybridized carbons (Fsp3) is 0.429. The van der Waals surface area contributed by atoms with Gasteiger partial charge in [-0.1, -0.05) is 0 Å².